The summed E-state index contributed by atoms with van der Waals surface area (Å²) in [6, 6.07) is 3.44. The van der Waals surface area contributed by atoms with Crippen molar-refractivity contribution in [2.75, 3.05) is 25.5 Å². The molecule has 0 radical (unpaired) electrons. The van der Waals surface area contributed by atoms with Gasteiger partial charge in [-0.3, -0.25) is 0 Å². The summed E-state index contributed by atoms with van der Waals surface area (Å²) in [5.41, 5.74) is 7.66. The van der Waals surface area contributed by atoms with Gasteiger partial charge in [-0.05, 0) is 44.4 Å². The molecule has 6 heteroatoms. The Morgan fingerprint density at radius 3 is 2.63 bits per heavy atom. The van der Waals surface area contributed by atoms with Gasteiger partial charge in [0.25, 0.3) is 0 Å². The number of hydrogen-bond donors (Lipinski definition) is 2. The van der Waals surface area contributed by atoms with E-state index in [1.165, 1.54) is 0 Å². The number of sulfonamides is 1. The van der Waals surface area contributed by atoms with Gasteiger partial charge >= 0.3 is 0 Å². The van der Waals surface area contributed by atoms with Gasteiger partial charge in [0.05, 0.1) is 5.69 Å². The van der Waals surface area contributed by atoms with Gasteiger partial charge in [0, 0.05) is 19.8 Å². The summed E-state index contributed by atoms with van der Waals surface area (Å²) in [6.45, 7) is 7.05. The molecule has 0 atom stereocenters. The Morgan fingerprint density at radius 2 is 2.00 bits per heavy atom. The molecule has 0 spiro atoms. The van der Waals surface area contributed by atoms with Gasteiger partial charge in [-0.1, -0.05) is 6.07 Å². The smallest absolute Gasteiger partial charge is 0.242 e. The van der Waals surface area contributed by atoms with Crippen molar-refractivity contribution in [2.24, 2.45) is 0 Å². The number of nitrogens with one attached hydrogen (secondary N) is 1. The van der Waals surface area contributed by atoms with Crippen LogP contribution < -0.4 is 10.5 Å². The molecular formula is C13H22N2O3S. The van der Waals surface area contributed by atoms with Crippen LogP contribution in [-0.2, 0) is 14.8 Å². The van der Waals surface area contributed by atoms with E-state index in [-0.39, 0.29) is 10.6 Å². The number of nitrogen functional groups attached to an aromatic ring is 1. The molecule has 5 nitrogen and oxygen atoms in total. The van der Waals surface area contributed by atoms with Gasteiger partial charge < -0.3 is 10.5 Å². The van der Waals surface area contributed by atoms with Crippen molar-refractivity contribution in [3.05, 3.63) is 23.3 Å². The maximum absolute atomic E-state index is 12.2. The van der Waals surface area contributed by atoms with Crippen molar-refractivity contribution < 1.29 is 13.2 Å². The van der Waals surface area contributed by atoms with Crippen LogP contribution in [0.2, 0.25) is 0 Å². The van der Waals surface area contributed by atoms with E-state index in [9.17, 15) is 8.42 Å². The molecule has 0 bridgehead atoms. The third kappa shape index (κ3) is 4.19. The standard InChI is InChI=1S/C13H22N2O3S/c1-4-18-9-5-8-15-19(16,17)13-11(3)10(2)6-7-12(13)14/h6-7,15H,4-5,8-9,14H2,1-3H3. The molecule has 1 aromatic carbocycles. The number of hydrogen-bond acceptors (Lipinski definition) is 4. The van der Waals surface area contributed by atoms with E-state index in [1.807, 2.05) is 19.9 Å². The summed E-state index contributed by atoms with van der Waals surface area (Å²) in [5.74, 6) is 0. The Bertz CT molecular complexity index is 527. The number of rotatable bonds is 7. The number of ether oxygens (including phenoxy) is 1. The third-order valence-electron chi connectivity index (χ3n) is 2.94. The number of aryl methyl sites for hydroxylation is 1. The molecule has 0 aliphatic heterocycles. The summed E-state index contributed by atoms with van der Waals surface area (Å²) in [7, 11) is -3.56. The monoisotopic (exact) mass is 286 g/mol. The first-order chi connectivity index (χ1) is 8.90. The minimum Gasteiger partial charge on any atom is -0.398 e. The van der Waals surface area contributed by atoms with Crippen molar-refractivity contribution in [2.45, 2.75) is 32.1 Å². The first-order valence-electron chi connectivity index (χ1n) is 6.33. The Hall–Kier alpha value is -1.11. The number of benzene rings is 1. The van der Waals surface area contributed by atoms with Crippen LogP contribution >= 0.6 is 0 Å². The van der Waals surface area contributed by atoms with Gasteiger partial charge in [-0.25, -0.2) is 13.1 Å². The minimum absolute atomic E-state index is 0.184. The van der Waals surface area contributed by atoms with Crippen molar-refractivity contribution in [1.82, 2.24) is 4.72 Å². The molecule has 0 aliphatic carbocycles. The molecule has 19 heavy (non-hydrogen) atoms. The molecule has 108 valence electrons. The quantitative estimate of drug-likeness (QED) is 0.589. The summed E-state index contributed by atoms with van der Waals surface area (Å²) in [6.07, 6.45) is 0.637. The van der Waals surface area contributed by atoms with Crippen molar-refractivity contribution in [3.8, 4) is 0 Å². The average Bonchev–Trinajstić information content (AvgIpc) is 2.34. The predicted octanol–water partition coefficient (Wildman–Crippen LogP) is 1.59. The fourth-order valence-electron chi connectivity index (χ4n) is 1.77. The highest BCUT2D eigenvalue weighted by Gasteiger charge is 2.20. The zero-order chi connectivity index (χ0) is 14.5. The first kappa shape index (κ1) is 15.9. The van der Waals surface area contributed by atoms with E-state index in [0.29, 0.717) is 31.7 Å². The van der Waals surface area contributed by atoms with Crippen molar-refractivity contribution >= 4 is 15.7 Å². The van der Waals surface area contributed by atoms with Crippen LogP contribution in [0.3, 0.4) is 0 Å². The molecule has 1 rings (SSSR count). The van der Waals surface area contributed by atoms with Crippen molar-refractivity contribution in [1.29, 1.82) is 0 Å². The van der Waals surface area contributed by atoms with Crippen LogP contribution in [0.15, 0.2) is 17.0 Å². The van der Waals surface area contributed by atoms with Crippen LogP contribution in [0.1, 0.15) is 24.5 Å². The second kappa shape index (κ2) is 6.88. The lowest BCUT2D eigenvalue weighted by Gasteiger charge is -2.13. The highest BCUT2D eigenvalue weighted by molar-refractivity contribution is 7.89. The largest absolute Gasteiger partial charge is 0.398 e. The molecule has 0 fully saturated rings. The van der Waals surface area contributed by atoms with Gasteiger partial charge in [0.15, 0.2) is 0 Å². The SMILES string of the molecule is CCOCCCNS(=O)(=O)c1c(N)ccc(C)c1C. The second-order valence-electron chi connectivity index (χ2n) is 4.37. The summed E-state index contributed by atoms with van der Waals surface area (Å²) >= 11 is 0. The van der Waals surface area contributed by atoms with Gasteiger partial charge in [-0.2, -0.15) is 0 Å². The van der Waals surface area contributed by atoms with E-state index in [2.05, 4.69) is 4.72 Å². The highest BCUT2D eigenvalue weighted by atomic mass is 32.2. The Kier molecular flexibility index (Phi) is 5.78. The molecule has 0 heterocycles. The molecule has 0 amide bonds. The predicted molar refractivity (Wildman–Crippen MR) is 76.6 cm³/mol. The van der Waals surface area contributed by atoms with E-state index in [4.69, 9.17) is 10.5 Å². The Labute approximate surface area is 115 Å². The molecule has 1 aromatic rings. The van der Waals surface area contributed by atoms with E-state index >= 15 is 0 Å². The molecule has 0 aliphatic rings. The normalized spacial score (nSPS) is 11.7. The minimum atomic E-state index is -3.56. The molecule has 3 N–H and O–H groups in total. The van der Waals surface area contributed by atoms with Crippen LogP contribution in [0.25, 0.3) is 0 Å². The number of nitrogens with two attached hydrogens (primary N) is 1. The highest BCUT2D eigenvalue weighted by Crippen LogP contribution is 2.24. The topological polar surface area (TPSA) is 81.4 Å². The fraction of sp³-hybridized carbons (Fsp3) is 0.538. The zero-order valence-electron chi connectivity index (χ0n) is 11.7. The lowest BCUT2D eigenvalue weighted by Crippen LogP contribution is -2.27. The van der Waals surface area contributed by atoms with Gasteiger partial charge in [0.2, 0.25) is 10.0 Å². The van der Waals surface area contributed by atoms with Gasteiger partial charge in [-0.15, -0.1) is 0 Å². The maximum atomic E-state index is 12.2. The summed E-state index contributed by atoms with van der Waals surface area (Å²) in [5, 5.41) is 0. The first-order valence-corrected chi connectivity index (χ1v) is 7.81. The Morgan fingerprint density at radius 1 is 1.32 bits per heavy atom. The van der Waals surface area contributed by atoms with Crippen LogP contribution in [-0.4, -0.2) is 28.2 Å². The molecule has 0 unspecified atom stereocenters. The Balaban J connectivity index is 2.81. The van der Waals surface area contributed by atoms with Crippen LogP contribution in [0.4, 0.5) is 5.69 Å². The lowest BCUT2D eigenvalue weighted by molar-refractivity contribution is 0.146. The van der Waals surface area contributed by atoms with Crippen molar-refractivity contribution in [3.63, 3.8) is 0 Å². The lowest BCUT2D eigenvalue weighted by atomic mass is 10.1. The summed E-state index contributed by atoms with van der Waals surface area (Å²) in [4.78, 5) is 0.184. The molecular weight excluding hydrogens is 264 g/mol. The van der Waals surface area contributed by atoms with Gasteiger partial charge in [0.1, 0.15) is 4.90 Å². The maximum Gasteiger partial charge on any atom is 0.242 e. The fourth-order valence-corrected chi connectivity index (χ4v) is 3.26. The molecule has 0 saturated heterocycles. The van der Waals surface area contributed by atoms with E-state index < -0.39 is 10.0 Å². The van der Waals surface area contributed by atoms with Crippen LogP contribution in [0.5, 0.6) is 0 Å². The number of anilines is 1. The second-order valence-corrected chi connectivity index (χ2v) is 6.08. The molecule has 0 saturated carbocycles. The van der Waals surface area contributed by atoms with Crippen LogP contribution in [0, 0.1) is 13.8 Å². The van der Waals surface area contributed by atoms with E-state index in [1.54, 1.807) is 13.0 Å². The van der Waals surface area contributed by atoms with E-state index in [0.717, 1.165) is 5.56 Å². The average molecular weight is 286 g/mol. The molecule has 0 aromatic heterocycles. The zero-order valence-corrected chi connectivity index (χ0v) is 12.5. The third-order valence-corrected chi connectivity index (χ3v) is 4.60. The summed E-state index contributed by atoms with van der Waals surface area (Å²) < 4.78 is 32.2.